The lowest BCUT2D eigenvalue weighted by molar-refractivity contribution is 0.693. The van der Waals surface area contributed by atoms with Gasteiger partial charge in [0, 0.05) is 18.0 Å². The van der Waals surface area contributed by atoms with E-state index in [1.165, 1.54) is 5.56 Å². The summed E-state index contributed by atoms with van der Waals surface area (Å²) in [6.07, 6.45) is 1.63. The van der Waals surface area contributed by atoms with Crippen molar-refractivity contribution in [2.45, 2.75) is 25.6 Å². The van der Waals surface area contributed by atoms with Gasteiger partial charge in [-0.2, -0.15) is 0 Å². The first-order valence-corrected chi connectivity index (χ1v) is 6.06. The topological polar surface area (TPSA) is 38.0 Å². The van der Waals surface area contributed by atoms with Gasteiger partial charge >= 0.3 is 0 Å². The van der Waals surface area contributed by atoms with Crippen LogP contribution in [0.2, 0.25) is 0 Å². The summed E-state index contributed by atoms with van der Waals surface area (Å²) in [6.45, 7) is 4.21. The molecule has 1 aromatic carbocycles. The van der Waals surface area contributed by atoms with Crippen LogP contribution in [0.5, 0.6) is 0 Å². The smallest absolute Gasteiger partial charge is 0.0844 e. The average Bonchev–Trinajstić information content (AvgIpc) is 2.25. The first-order chi connectivity index (χ1) is 7.22. The van der Waals surface area contributed by atoms with Gasteiger partial charge in [0.15, 0.2) is 0 Å². The van der Waals surface area contributed by atoms with Crippen molar-refractivity contribution in [2.75, 3.05) is 0 Å². The van der Waals surface area contributed by atoms with Crippen LogP contribution in [0.3, 0.4) is 0 Å². The van der Waals surface area contributed by atoms with Crippen LogP contribution in [-0.4, -0.2) is 6.04 Å². The second-order valence-corrected chi connectivity index (χ2v) is 4.62. The van der Waals surface area contributed by atoms with Gasteiger partial charge in [-0.25, -0.2) is 0 Å². The molecule has 0 aliphatic carbocycles. The second-order valence-electron chi connectivity index (χ2n) is 3.60. The Morgan fingerprint density at radius 2 is 2.07 bits per heavy atom. The van der Waals surface area contributed by atoms with E-state index in [0.717, 1.165) is 10.8 Å². The summed E-state index contributed by atoms with van der Waals surface area (Å²) < 4.78 is 0. The molecule has 0 bridgehead atoms. The van der Waals surface area contributed by atoms with Gasteiger partial charge in [-0.05, 0) is 19.4 Å². The summed E-state index contributed by atoms with van der Waals surface area (Å²) in [4.78, 5) is 0. The Hall–Kier alpha value is -1.09. The Morgan fingerprint density at radius 1 is 1.40 bits per heavy atom. The maximum Gasteiger partial charge on any atom is 0.0844 e. The van der Waals surface area contributed by atoms with Gasteiger partial charge in [-0.15, -0.1) is 11.8 Å². The van der Waals surface area contributed by atoms with Gasteiger partial charge in [0.25, 0.3) is 0 Å². The van der Waals surface area contributed by atoms with E-state index >= 15 is 0 Å². The van der Waals surface area contributed by atoms with E-state index < -0.39 is 0 Å². The van der Waals surface area contributed by atoms with Crippen LogP contribution in [0.15, 0.2) is 41.6 Å². The summed E-state index contributed by atoms with van der Waals surface area (Å²) in [7, 11) is 0. The molecule has 3 heteroatoms. The maximum atomic E-state index is 5.54. The number of nitrogens with one attached hydrogen (secondary N) is 1. The molecule has 1 aromatic rings. The highest BCUT2D eigenvalue weighted by Crippen LogP contribution is 2.18. The molecule has 3 N–H and O–H groups in total. The van der Waals surface area contributed by atoms with Gasteiger partial charge in [0.1, 0.15) is 0 Å². The van der Waals surface area contributed by atoms with Crippen molar-refractivity contribution in [3.8, 4) is 0 Å². The van der Waals surface area contributed by atoms with Crippen molar-refractivity contribution in [3.63, 3.8) is 0 Å². The molecular weight excluding hydrogens is 204 g/mol. The molecule has 0 amide bonds. The third-order valence-corrected chi connectivity index (χ3v) is 2.86. The molecule has 0 spiro atoms. The summed E-state index contributed by atoms with van der Waals surface area (Å²) in [5, 5.41) is 4.33. The van der Waals surface area contributed by atoms with Crippen LogP contribution in [-0.2, 0) is 5.75 Å². The quantitative estimate of drug-likeness (QED) is 0.804. The largest absolute Gasteiger partial charge is 0.403 e. The Labute approximate surface area is 95.9 Å². The van der Waals surface area contributed by atoms with Crippen LogP contribution in [0.4, 0.5) is 0 Å². The number of hydrogen-bond acceptors (Lipinski definition) is 3. The lowest BCUT2D eigenvalue weighted by Crippen LogP contribution is -2.21. The van der Waals surface area contributed by atoms with Crippen molar-refractivity contribution in [2.24, 2.45) is 5.73 Å². The molecule has 0 aliphatic rings. The van der Waals surface area contributed by atoms with E-state index in [4.69, 9.17) is 5.73 Å². The van der Waals surface area contributed by atoms with Crippen LogP contribution in [0.1, 0.15) is 19.4 Å². The number of hydrogen-bond donors (Lipinski definition) is 2. The second kappa shape index (κ2) is 6.40. The molecule has 1 rings (SSSR count). The Balaban J connectivity index is 2.42. The van der Waals surface area contributed by atoms with Crippen LogP contribution in [0, 0.1) is 0 Å². The number of benzene rings is 1. The van der Waals surface area contributed by atoms with E-state index in [-0.39, 0.29) is 0 Å². The molecule has 0 aromatic heterocycles. The highest BCUT2D eigenvalue weighted by molar-refractivity contribution is 8.02. The summed E-state index contributed by atoms with van der Waals surface area (Å²) in [5.74, 6) is 0.948. The first kappa shape index (κ1) is 12.0. The molecule has 0 saturated carbocycles. The fourth-order valence-corrected chi connectivity index (χ4v) is 2.09. The standard InChI is InChI=1S/C12H18N2S/c1-10(2)14-12(8-13)15-9-11-6-4-3-5-7-11/h3-8,10,14H,9,13H2,1-2H3/b12-8+. The molecule has 0 heterocycles. The molecule has 0 radical (unpaired) electrons. The molecule has 0 atom stereocenters. The van der Waals surface area contributed by atoms with Crippen LogP contribution in [0.25, 0.3) is 0 Å². The molecule has 0 unspecified atom stereocenters. The van der Waals surface area contributed by atoms with Crippen molar-refractivity contribution < 1.29 is 0 Å². The highest BCUT2D eigenvalue weighted by Gasteiger charge is 2.00. The third-order valence-electron chi connectivity index (χ3n) is 1.82. The highest BCUT2D eigenvalue weighted by atomic mass is 32.2. The molecule has 0 fully saturated rings. The fourth-order valence-electron chi connectivity index (χ4n) is 1.16. The van der Waals surface area contributed by atoms with Gasteiger partial charge in [-0.3, -0.25) is 0 Å². The van der Waals surface area contributed by atoms with E-state index in [1.54, 1.807) is 18.0 Å². The van der Waals surface area contributed by atoms with E-state index in [1.807, 2.05) is 6.07 Å². The minimum Gasteiger partial charge on any atom is -0.403 e. The average molecular weight is 222 g/mol. The fraction of sp³-hybridized carbons (Fsp3) is 0.333. The molecule has 2 nitrogen and oxygen atoms in total. The van der Waals surface area contributed by atoms with Crippen LogP contribution < -0.4 is 11.1 Å². The molecule has 0 saturated heterocycles. The SMILES string of the molecule is CC(C)N/C(=C\N)SCc1ccccc1. The zero-order valence-corrected chi connectivity index (χ0v) is 10.1. The van der Waals surface area contributed by atoms with Crippen LogP contribution >= 0.6 is 11.8 Å². The monoisotopic (exact) mass is 222 g/mol. The predicted molar refractivity (Wildman–Crippen MR) is 68.3 cm³/mol. The van der Waals surface area contributed by atoms with Gasteiger partial charge in [0.05, 0.1) is 5.03 Å². The summed E-state index contributed by atoms with van der Waals surface area (Å²) >= 11 is 1.73. The van der Waals surface area contributed by atoms with Crippen molar-refractivity contribution in [3.05, 3.63) is 47.1 Å². The first-order valence-electron chi connectivity index (χ1n) is 5.07. The lowest BCUT2D eigenvalue weighted by atomic mass is 10.2. The Morgan fingerprint density at radius 3 is 2.60 bits per heavy atom. The minimum absolute atomic E-state index is 0.420. The van der Waals surface area contributed by atoms with E-state index in [0.29, 0.717) is 6.04 Å². The number of thioether (sulfide) groups is 1. The van der Waals surface area contributed by atoms with E-state index in [2.05, 4.69) is 43.4 Å². The van der Waals surface area contributed by atoms with E-state index in [9.17, 15) is 0 Å². The van der Waals surface area contributed by atoms with Gasteiger partial charge in [0.2, 0.25) is 0 Å². The summed E-state index contributed by atoms with van der Waals surface area (Å²) in [6, 6.07) is 10.8. The summed E-state index contributed by atoms with van der Waals surface area (Å²) in [5.41, 5.74) is 6.85. The lowest BCUT2D eigenvalue weighted by Gasteiger charge is -2.12. The zero-order chi connectivity index (χ0) is 11.1. The molecular formula is C12H18N2S. The maximum absolute atomic E-state index is 5.54. The zero-order valence-electron chi connectivity index (χ0n) is 9.23. The Kier molecular flexibility index (Phi) is 5.12. The van der Waals surface area contributed by atoms with Crippen molar-refractivity contribution >= 4 is 11.8 Å². The Bertz CT molecular complexity index is 307. The normalized spacial score (nSPS) is 11.8. The molecule has 82 valence electrons. The van der Waals surface area contributed by atoms with Crippen molar-refractivity contribution in [1.82, 2.24) is 5.32 Å². The molecule has 0 aliphatic heterocycles. The number of nitrogens with two attached hydrogens (primary N) is 1. The van der Waals surface area contributed by atoms with Crippen molar-refractivity contribution in [1.29, 1.82) is 0 Å². The minimum atomic E-state index is 0.420. The molecule has 15 heavy (non-hydrogen) atoms. The third kappa shape index (κ3) is 4.79. The predicted octanol–water partition coefficient (Wildman–Crippen LogP) is 2.68. The number of rotatable bonds is 5. The van der Waals surface area contributed by atoms with Gasteiger partial charge < -0.3 is 11.1 Å². The van der Waals surface area contributed by atoms with Gasteiger partial charge in [-0.1, -0.05) is 30.3 Å².